The van der Waals surface area contributed by atoms with Gasteiger partial charge in [0.25, 0.3) is 5.88 Å². The van der Waals surface area contributed by atoms with Crippen molar-refractivity contribution < 1.29 is 24.3 Å². The van der Waals surface area contributed by atoms with Gasteiger partial charge >= 0.3 is 0 Å². The third-order valence-electron chi connectivity index (χ3n) is 4.78. The Morgan fingerprint density at radius 1 is 1.33 bits per heavy atom. The fourth-order valence-corrected chi connectivity index (χ4v) is 3.42. The third-order valence-corrected chi connectivity index (χ3v) is 4.78. The van der Waals surface area contributed by atoms with Crippen LogP contribution >= 0.6 is 0 Å². The molecule has 0 bridgehead atoms. The molecule has 2 aliphatic carbocycles. The summed E-state index contributed by atoms with van der Waals surface area (Å²) >= 11 is 0. The van der Waals surface area contributed by atoms with Crippen LogP contribution in [0.3, 0.4) is 0 Å². The predicted molar refractivity (Wildman–Crippen MR) is 83.5 cm³/mol. The van der Waals surface area contributed by atoms with Gasteiger partial charge in [0.05, 0.1) is 0 Å². The summed E-state index contributed by atoms with van der Waals surface area (Å²) < 4.78 is 10.9. The van der Waals surface area contributed by atoms with E-state index in [4.69, 9.17) is 9.26 Å². The summed E-state index contributed by atoms with van der Waals surface area (Å²) in [5.74, 6) is -0.546. The van der Waals surface area contributed by atoms with E-state index in [1.807, 2.05) is 30.3 Å². The number of hydrogen-bond donors (Lipinski definition) is 2. The van der Waals surface area contributed by atoms with Crippen LogP contribution in [-0.2, 0) is 13.0 Å². The predicted octanol–water partition coefficient (Wildman–Crippen LogP) is 1.66. The molecule has 2 aromatic rings. The Morgan fingerprint density at radius 3 is 2.92 bits per heavy atom. The Labute approximate surface area is 138 Å². The van der Waals surface area contributed by atoms with Crippen molar-refractivity contribution in [3.63, 3.8) is 0 Å². The van der Waals surface area contributed by atoms with E-state index in [1.165, 1.54) is 6.08 Å². The van der Waals surface area contributed by atoms with Gasteiger partial charge in [0.2, 0.25) is 5.78 Å². The van der Waals surface area contributed by atoms with E-state index in [9.17, 15) is 15.0 Å². The molecule has 0 fully saturated rings. The first-order valence-electron chi connectivity index (χ1n) is 7.88. The minimum atomic E-state index is -1.85. The first-order chi connectivity index (χ1) is 11.6. The van der Waals surface area contributed by atoms with E-state index in [2.05, 4.69) is 5.16 Å². The normalized spacial score (nSPS) is 28.3. The van der Waals surface area contributed by atoms with Crippen molar-refractivity contribution in [2.24, 2.45) is 5.92 Å². The van der Waals surface area contributed by atoms with Gasteiger partial charge < -0.3 is 19.5 Å². The Hall–Kier alpha value is -2.44. The van der Waals surface area contributed by atoms with Crippen molar-refractivity contribution in [2.75, 3.05) is 0 Å². The van der Waals surface area contributed by atoms with Gasteiger partial charge in [-0.1, -0.05) is 42.5 Å². The standard InChI is InChI=1S/C18H17NO5/c20-14-8-4-7-12-9-13-15(16(21)18(12,14)22)17(19-24-13)23-10-11-5-2-1-3-6-11/h1-6,8,12,14,20,22H,7,9-10H2/t12-,14+,18-/m0/s1. The van der Waals surface area contributed by atoms with Gasteiger partial charge in [0.1, 0.15) is 18.3 Å². The Bertz CT molecular complexity index is 797. The van der Waals surface area contributed by atoms with Crippen LogP contribution in [0.2, 0.25) is 0 Å². The maximum absolute atomic E-state index is 12.9. The monoisotopic (exact) mass is 327 g/mol. The van der Waals surface area contributed by atoms with Gasteiger partial charge in [-0.15, -0.1) is 0 Å². The highest BCUT2D eigenvalue weighted by Crippen LogP contribution is 2.43. The molecular formula is C18H17NO5. The molecule has 1 aromatic carbocycles. The minimum Gasteiger partial charge on any atom is -0.470 e. The van der Waals surface area contributed by atoms with Crippen LogP contribution in [0.25, 0.3) is 0 Å². The fourth-order valence-electron chi connectivity index (χ4n) is 3.42. The number of Topliss-reactive ketones (excluding diaryl/α,β-unsaturated/α-hetero) is 1. The third kappa shape index (κ3) is 2.18. The second kappa shape index (κ2) is 5.58. The van der Waals surface area contributed by atoms with Crippen molar-refractivity contribution in [2.45, 2.75) is 31.2 Å². The topological polar surface area (TPSA) is 92.8 Å². The first-order valence-corrected chi connectivity index (χ1v) is 7.88. The summed E-state index contributed by atoms with van der Waals surface area (Å²) in [6.07, 6.45) is 2.82. The maximum atomic E-state index is 12.9. The van der Waals surface area contributed by atoms with Crippen molar-refractivity contribution >= 4 is 5.78 Å². The molecule has 0 saturated heterocycles. The van der Waals surface area contributed by atoms with Crippen LogP contribution in [-0.4, -0.2) is 32.9 Å². The van der Waals surface area contributed by atoms with Crippen LogP contribution in [0.5, 0.6) is 5.88 Å². The molecule has 6 heteroatoms. The number of ether oxygens (including phenoxy) is 1. The number of carbonyl (C=O) groups is 1. The average Bonchev–Trinajstić information content (AvgIpc) is 3.00. The first kappa shape index (κ1) is 15.1. The number of benzene rings is 1. The SMILES string of the molecule is O=C1c2c(OCc3ccccc3)noc2C[C@@H]2CC=C[C@@H](O)[C@]12O. The number of aliphatic hydroxyl groups is 2. The minimum absolute atomic E-state index is 0.0625. The molecule has 0 aliphatic heterocycles. The van der Waals surface area contributed by atoms with E-state index in [1.54, 1.807) is 6.08 Å². The number of allylic oxidation sites excluding steroid dienone is 1. The molecule has 2 aliphatic rings. The van der Waals surface area contributed by atoms with Crippen LogP contribution in [0.15, 0.2) is 47.0 Å². The van der Waals surface area contributed by atoms with Gasteiger partial charge in [0.15, 0.2) is 11.4 Å². The zero-order valence-electron chi connectivity index (χ0n) is 12.9. The second-order valence-electron chi connectivity index (χ2n) is 6.22. The molecule has 24 heavy (non-hydrogen) atoms. The average molecular weight is 327 g/mol. The lowest BCUT2D eigenvalue weighted by Gasteiger charge is -2.41. The molecule has 1 heterocycles. The molecule has 124 valence electrons. The number of aliphatic hydroxyl groups excluding tert-OH is 1. The van der Waals surface area contributed by atoms with Crippen molar-refractivity contribution in [3.05, 3.63) is 59.4 Å². The molecule has 0 amide bonds. The van der Waals surface area contributed by atoms with Gasteiger partial charge in [0, 0.05) is 12.3 Å². The highest BCUT2D eigenvalue weighted by molar-refractivity contribution is 6.06. The van der Waals surface area contributed by atoms with Gasteiger partial charge in [-0.3, -0.25) is 4.79 Å². The lowest BCUT2D eigenvalue weighted by atomic mass is 9.67. The molecule has 0 spiro atoms. The molecule has 0 radical (unpaired) electrons. The molecule has 1 aromatic heterocycles. The summed E-state index contributed by atoms with van der Waals surface area (Å²) in [6.45, 7) is 0.234. The smallest absolute Gasteiger partial charge is 0.265 e. The quantitative estimate of drug-likeness (QED) is 0.833. The molecule has 6 nitrogen and oxygen atoms in total. The summed E-state index contributed by atoms with van der Waals surface area (Å²) in [4.78, 5) is 12.9. The highest BCUT2D eigenvalue weighted by Gasteiger charge is 2.56. The Morgan fingerprint density at radius 2 is 2.12 bits per heavy atom. The number of rotatable bonds is 3. The van der Waals surface area contributed by atoms with E-state index < -0.39 is 23.4 Å². The van der Waals surface area contributed by atoms with Gasteiger partial charge in [-0.05, 0) is 17.1 Å². The summed E-state index contributed by atoms with van der Waals surface area (Å²) in [6, 6.07) is 9.47. The zero-order valence-corrected chi connectivity index (χ0v) is 12.9. The lowest BCUT2D eigenvalue weighted by Crippen LogP contribution is -2.58. The van der Waals surface area contributed by atoms with Crippen molar-refractivity contribution in [1.82, 2.24) is 5.16 Å². The van der Waals surface area contributed by atoms with Crippen LogP contribution in [0.1, 0.15) is 28.1 Å². The van der Waals surface area contributed by atoms with E-state index in [-0.39, 0.29) is 18.1 Å². The van der Waals surface area contributed by atoms with Gasteiger partial charge in [-0.2, -0.15) is 0 Å². The van der Waals surface area contributed by atoms with E-state index in [0.29, 0.717) is 18.6 Å². The van der Waals surface area contributed by atoms with Gasteiger partial charge in [-0.25, -0.2) is 0 Å². The fraction of sp³-hybridized carbons (Fsp3) is 0.333. The van der Waals surface area contributed by atoms with Crippen LogP contribution in [0, 0.1) is 5.92 Å². The highest BCUT2D eigenvalue weighted by atomic mass is 16.5. The Balaban J connectivity index is 1.64. The lowest BCUT2D eigenvalue weighted by molar-refractivity contribution is -0.0750. The summed E-state index contributed by atoms with van der Waals surface area (Å²) in [5.41, 5.74) is -0.785. The Kier molecular flexibility index (Phi) is 3.51. The van der Waals surface area contributed by atoms with E-state index in [0.717, 1.165) is 5.56 Å². The second-order valence-corrected chi connectivity index (χ2v) is 6.22. The molecule has 3 atom stereocenters. The molecule has 0 saturated carbocycles. The number of fused-ring (bicyclic) bond motifs is 2. The van der Waals surface area contributed by atoms with E-state index >= 15 is 0 Å². The van der Waals surface area contributed by atoms with Crippen molar-refractivity contribution in [3.8, 4) is 5.88 Å². The largest absolute Gasteiger partial charge is 0.470 e. The molecule has 0 unspecified atom stereocenters. The van der Waals surface area contributed by atoms with Crippen LogP contribution in [0.4, 0.5) is 0 Å². The number of hydrogen-bond acceptors (Lipinski definition) is 6. The van der Waals surface area contributed by atoms with Crippen molar-refractivity contribution in [1.29, 1.82) is 0 Å². The zero-order chi connectivity index (χ0) is 16.7. The number of nitrogens with zero attached hydrogens (tertiary/aromatic N) is 1. The molecule has 4 rings (SSSR count). The molecular weight excluding hydrogens is 310 g/mol. The summed E-state index contributed by atoms with van der Waals surface area (Å²) in [5, 5.41) is 24.8. The number of ketones is 1. The number of aromatic nitrogens is 1. The maximum Gasteiger partial charge on any atom is 0.265 e. The number of carbonyl (C=O) groups excluding carboxylic acids is 1. The van der Waals surface area contributed by atoms with Crippen LogP contribution < -0.4 is 4.74 Å². The summed E-state index contributed by atoms with van der Waals surface area (Å²) in [7, 11) is 0. The molecule has 2 N–H and O–H groups in total.